The first-order valence-electron chi connectivity index (χ1n) is 20.9. The van der Waals surface area contributed by atoms with E-state index < -0.39 is 57.7 Å². The number of aliphatic carboxylic acids is 1. The topological polar surface area (TPSA) is 172 Å². The number of phosphoric ester groups is 1. The minimum Gasteiger partial charge on any atom is -0.480 e. The predicted octanol–water partition coefficient (Wildman–Crippen LogP) is 11.1. The summed E-state index contributed by atoms with van der Waals surface area (Å²) in [5.74, 6) is -2.56. The molecule has 0 fully saturated rings. The fourth-order valence-electron chi connectivity index (χ4n) is 4.74. The van der Waals surface area contributed by atoms with E-state index in [1.165, 1.54) is 19.3 Å². The molecule has 0 heterocycles. The molecular weight excluding hydrogens is 757 g/mol. The number of esters is 2. The van der Waals surface area contributed by atoms with Crippen LogP contribution >= 0.6 is 7.82 Å². The standard InChI is InChI=1S/C46H72NO10P/c1-3-5-7-9-11-13-15-17-19-20-21-22-24-26-28-30-32-34-36-38-45(49)57-42(40-55-58(52,53)56-41-43(47)46(50)51)39-54-44(48)37-35-33-31-29-27-25-23-18-16-14-12-10-8-6-4-2/h6,8,11-14,17-19,21-23,26-29,32,34,42-43H,3-5,7,9-10,15-16,20,24-25,30-31,33,35-41,47H2,1-2H3,(H,50,51)(H,52,53)/b8-6+,13-11+,14-12+,19-17+,22-21+,23-18+,28-26+,29-27+,34-32+/t42-,43+/m1/s1. The number of carbonyl (C=O) groups is 3. The summed E-state index contributed by atoms with van der Waals surface area (Å²) in [7, 11) is -4.75. The molecule has 0 aromatic carbocycles. The fraction of sp³-hybridized carbons (Fsp3) is 0.543. The smallest absolute Gasteiger partial charge is 0.472 e. The maximum Gasteiger partial charge on any atom is 0.472 e. The number of ether oxygens (including phenoxy) is 2. The van der Waals surface area contributed by atoms with E-state index >= 15 is 0 Å². The Morgan fingerprint density at radius 1 is 0.552 bits per heavy atom. The molecule has 0 saturated carbocycles. The number of allylic oxidation sites excluding steroid dienone is 18. The van der Waals surface area contributed by atoms with Gasteiger partial charge in [-0.1, -0.05) is 136 Å². The predicted molar refractivity (Wildman–Crippen MR) is 235 cm³/mol. The molecule has 4 N–H and O–H groups in total. The molecule has 0 radical (unpaired) electrons. The van der Waals surface area contributed by atoms with Gasteiger partial charge in [-0.2, -0.15) is 0 Å². The van der Waals surface area contributed by atoms with E-state index in [1.807, 2.05) is 18.2 Å². The lowest BCUT2D eigenvalue weighted by atomic mass is 10.2. The SMILES string of the molecule is CC/C=C/C/C=C/C/C=C/C/C=C/CCCCC(=O)OC[C@H](COP(=O)(O)OC[C@H](N)C(=O)O)OC(=O)CC/C=C/C/C=C/C/C=C/C/C=C/C/C=C/CCCCC. The number of carbonyl (C=O) groups excluding carboxylic acids is 2. The Balaban J connectivity index is 4.61. The molecule has 58 heavy (non-hydrogen) atoms. The van der Waals surface area contributed by atoms with Crippen LogP contribution in [0.4, 0.5) is 0 Å². The van der Waals surface area contributed by atoms with E-state index in [0.29, 0.717) is 19.3 Å². The molecule has 11 nitrogen and oxygen atoms in total. The first kappa shape index (κ1) is 54.1. The van der Waals surface area contributed by atoms with Gasteiger partial charge < -0.3 is 25.2 Å². The van der Waals surface area contributed by atoms with Gasteiger partial charge in [0.2, 0.25) is 0 Å². The summed E-state index contributed by atoms with van der Waals surface area (Å²) < 4.78 is 32.5. The Morgan fingerprint density at radius 2 is 0.983 bits per heavy atom. The quantitative estimate of drug-likeness (QED) is 0.0235. The van der Waals surface area contributed by atoms with Gasteiger partial charge in [0.1, 0.15) is 12.6 Å². The number of carboxylic acids is 1. The molecule has 0 aliphatic rings. The number of hydrogen-bond acceptors (Lipinski definition) is 9. The van der Waals surface area contributed by atoms with Crippen LogP contribution in [-0.2, 0) is 37.5 Å². The fourth-order valence-corrected chi connectivity index (χ4v) is 5.52. The van der Waals surface area contributed by atoms with Crippen molar-refractivity contribution in [1.82, 2.24) is 0 Å². The molecular formula is C46H72NO10P. The maximum absolute atomic E-state index is 12.6. The zero-order valence-corrected chi connectivity index (χ0v) is 36.0. The first-order chi connectivity index (χ1) is 28.1. The Bertz CT molecular complexity index is 1390. The second kappa shape index (κ2) is 39.9. The molecule has 0 amide bonds. The largest absolute Gasteiger partial charge is 0.480 e. The summed E-state index contributed by atoms with van der Waals surface area (Å²) in [6.45, 7) is 2.51. The van der Waals surface area contributed by atoms with Gasteiger partial charge in [0.15, 0.2) is 6.10 Å². The average Bonchev–Trinajstić information content (AvgIpc) is 3.20. The van der Waals surface area contributed by atoms with E-state index in [4.69, 9.17) is 24.8 Å². The van der Waals surface area contributed by atoms with Gasteiger partial charge in [0.05, 0.1) is 13.2 Å². The van der Waals surface area contributed by atoms with E-state index in [0.717, 1.165) is 64.2 Å². The van der Waals surface area contributed by atoms with Crippen LogP contribution in [0.2, 0.25) is 0 Å². The third kappa shape index (κ3) is 39.0. The summed E-state index contributed by atoms with van der Waals surface area (Å²) in [5.41, 5.74) is 5.32. The summed E-state index contributed by atoms with van der Waals surface area (Å²) >= 11 is 0. The lowest BCUT2D eigenvalue weighted by Crippen LogP contribution is -2.34. The van der Waals surface area contributed by atoms with Crippen LogP contribution in [0.25, 0.3) is 0 Å². The van der Waals surface area contributed by atoms with Crippen LogP contribution < -0.4 is 5.73 Å². The molecule has 1 unspecified atom stereocenters. The van der Waals surface area contributed by atoms with E-state index in [9.17, 15) is 23.8 Å². The molecule has 0 aliphatic carbocycles. The van der Waals surface area contributed by atoms with Crippen LogP contribution in [0.1, 0.15) is 129 Å². The molecule has 0 aliphatic heterocycles. The number of carboxylic acid groups (broad SMARTS) is 1. The molecule has 0 bridgehead atoms. The van der Waals surface area contributed by atoms with Crippen molar-refractivity contribution in [3.63, 3.8) is 0 Å². The van der Waals surface area contributed by atoms with Gasteiger partial charge in [-0.3, -0.25) is 23.4 Å². The summed E-state index contributed by atoms with van der Waals surface area (Å²) in [5, 5.41) is 8.88. The van der Waals surface area contributed by atoms with Crippen LogP contribution in [0.5, 0.6) is 0 Å². The number of nitrogens with two attached hydrogens (primary N) is 1. The average molecular weight is 830 g/mol. The van der Waals surface area contributed by atoms with Crippen LogP contribution in [0.15, 0.2) is 109 Å². The van der Waals surface area contributed by atoms with Gasteiger partial charge in [-0.25, -0.2) is 4.57 Å². The van der Waals surface area contributed by atoms with Crippen molar-refractivity contribution < 1.29 is 47.5 Å². The van der Waals surface area contributed by atoms with Crippen LogP contribution in [0, 0.1) is 0 Å². The molecule has 326 valence electrons. The summed E-state index contributed by atoms with van der Waals surface area (Å²) in [6, 6.07) is -1.54. The third-order valence-corrected chi connectivity index (χ3v) is 8.97. The van der Waals surface area contributed by atoms with Crippen molar-refractivity contribution in [2.75, 3.05) is 19.8 Å². The van der Waals surface area contributed by atoms with E-state index in [2.05, 4.69) is 110 Å². The highest BCUT2D eigenvalue weighted by atomic mass is 31.2. The highest BCUT2D eigenvalue weighted by Gasteiger charge is 2.28. The normalized spacial score (nSPS) is 14.8. The minimum atomic E-state index is -4.75. The van der Waals surface area contributed by atoms with Gasteiger partial charge in [-0.05, 0) is 89.9 Å². The van der Waals surface area contributed by atoms with Gasteiger partial charge >= 0.3 is 25.7 Å². The number of unbranched alkanes of at least 4 members (excludes halogenated alkanes) is 5. The Labute approximate surface area is 348 Å². The molecule has 0 aromatic rings. The highest BCUT2D eigenvalue weighted by Crippen LogP contribution is 2.43. The van der Waals surface area contributed by atoms with Crippen molar-refractivity contribution in [3.05, 3.63) is 109 Å². The van der Waals surface area contributed by atoms with Crippen LogP contribution in [-0.4, -0.2) is 59.9 Å². The second-order valence-corrected chi connectivity index (χ2v) is 14.8. The Kier molecular flexibility index (Phi) is 37.3. The zero-order chi connectivity index (χ0) is 42.8. The molecule has 3 atom stereocenters. The third-order valence-electron chi connectivity index (χ3n) is 8.02. The van der Waals surface area contributed by atoms with Crippen molar-refractivity contribution in [2.45, 2.75) is 142 Å². The minimum absolute atomic E-state index is 0.0214. The van der Waals surface area contributed by atoms with Crippen molar-refractivity contribution >= 4 is 25.7 Å². The Morgan fingerprint density at radius 3 is 1.45 bits per heavy atom. The molecule has 0 spiro atoms. The van der Waals surface area contributed by atoms with Gasteiger partial charge in [0.25, 0.3) is 0 Å². The van der Waals surface area contributed by atoms with Crippen LogP contribution in [0.3, 0.4) is 0 Å². The van der Waals surface area contributed by atoms with E-state index in [-0.39, 0.29) is 12.8 Å². The van der Waals surface area contributed by atoms with Crippen molar-refractivity contribution in [2.24, 2.45) is 5.73 Å². The summed E-state index contributed by atoms with van der Waals surface area (Å²) in [6.07, 6.45) is 51.7. The number of hydrogen-bond donors (Lipinski definition) is 3. The van der Waals surface area contributed by atoms with Crippen molar-refractivity contribution in [3.8, 4) is 0 Å². The second-order valence-electron chi connectivity index (χ2n) is 13.4. The van der Waals surface area contributed by atoms with Gasteiger partial charge in [0, 0.05) is 12.8 Å². The first-order valence-corrected chi connectivity index (χ1v) is 22.4. The monoisotopic (exact) mass is 829 g/mol. The lowest BCUT2D eigenvalue weighted by Gasteiger charge is -2.20. The molecule has 0 saturated heterocycles. The lowest BCUT2D eigenvalue weighted by molar-refractivity contribution is -0.161. The Hall–Kier alpha value is -3.86. The van der Waals surface area contributed by atoms with Gasteiger partial charge in [-0.15, -0.1) is 0 Å². The molecule has 0 rings (SSSR count). The van der Waals surface area contributed by atoms with Crippen molar-refractivity contribution in [1.29, 1.82) is 0 Å². The summed E-state index contributed by atoms with van der Waals surface area (Å²) in [4.78, 5) is 45.9. The van der Waals surface area contributed by atoms with E-state index in [1.54, 1.807) is 0 Å². The number of rotatable bonds is 37. The molecule has 0 aromatic heterocycles. The highest BCUT2D eigenvalue weighted by molar-refractivity contribution is 7.47. The zero-order valence-electron chi connectivity index (χ0n) is 35.1. The maximum atomic E-state index is 12.6. The number of phosphoric acid groups is 1. The molecule has 12 heteroatoms.